The molecule has 2 aromatic rings. The molecule has 0 fully saturated rings. The van der Waals surface area contributed by atoms with Crippen molar-refractivity contribution in [3.8, 4) is 17.6 Å². The van der Waals surface area contributed by atoms with Gasteiger partial charge in [0.05, 0.1) is 41.0 Å². The van der Waals surface area contributed by atoms with E-state index in [0.29, 0.717) is 5.69 Å². The fourth-order valence-electron chi connectivity index (χ4n) is 2.32. The molecule has 1 atom stereocenters. The summed E-state index contributed by atoms with van der Waals surface area (Å²) in [6, 6.07) is 8.75. The van der Waals surface area contributed by atoms with Crippen LogP contribution in [0, 0.1) is 11.3 Å². The zero-order chi connectivity index (χ0) is 21.6. The van der Waals surface area contributed by atoms with Gasteiger partial charge in [-0.2, -0.15) is 18.4 Å². The van der Waals surface area contributed by atoms with Gasteiger partial charge in [-0.05, 0) is 37.3 Å². The van der Waals surface area contributed by atoms with Crippen molar-refractivity contribution in [3.05, 3.63) is 52.5 Å². The predicted molar refractivity (Wildman–Crippen MR) is 96.6 cm³/mol. The van der Waals surface area contributed by atoms with E-state index < -0.39 is 24.3 Å². The van der Waals surface area contributed by atoms with Crippen molar-refractivity contribution in [1.82, 2.24) is 0 Å². The second-order valence-electron chi connectivity index (χ2n) is 6.00. The molecule has 0 spiro atoms. The summed E-state index contributed by atoms with van der Waals surface area (Å²) in [5, 5.41) is 22.4. The molecule has 0 radical (unpaired) electrons. The maximum Gasteiger partial charge on any atom is 1.00 e. The maximum atomic E-state index is 12.7. The maximum absolute atomic E-state index is 12.7. The number of rotatable bonds is 8. The zero-order valence-corrected chi connectivity index (χ0v) is 18.8. The minimum atomic E-state index is -4.53. The first-order valence-corrected chi connectivity index (χ1v) is 8.61. The van der Waals surface area contributed by atoms with Crippen molar-refractivity contribution in [2.45, 2.75) is 19.1 Å². The summed E-state index contributed by atoms with van der Waals surface area (Å²) in [6.45, 7) is 1.18. The number of hydrogen-bond acceptors (Lipinski definition) is 6. The number of ether oxygens (including phenoxy) is 2. The number of hydrogen-bond donors (Lipinski definition) is 1. The summed E-state index contributed by atoms with van der Waals surface area (Å²) in [5.41, 5.74) is -0.248. The van der Waals surface area contributed by atoms with Gasteiger partial charge in [0, 0.05) is 12.1 Å². The summed E-state index contributed by atoms with van der Waals surface area (Å²) in [5.74, 6) is -1.10. The van der Waals surface area contributed by atoms with E-state index in [1.165, 1.54) is 18.2 Å². The van der Waals surface area contributed by atoms with Gasteiger partial charge in [0.2, 0.25) is 0 Å². The van der Waals surface area contributed by atoms with Crippen molar-refractivity contribution < 1.29 is 62.1 Å². The van der Waals surface area contributed by atoms with Crippen LogP contribution in [0.3, 0.4) is 0 Å². The molecule has 30 heavy (non-hydrogen) atoms. The molecule has 0 aromatic heterocycles. The third-order valence-corrected chi connectivity index (χ3v) is 3.88. The van der Waals surface area contributed by atoms with Gasteiger partial charge < -0.3 is 24.7 Å². The number of alkyl halides is 3. The first-order chi connectivity index (χ1) is 13.6. The van der Waals surface area contributed by atoms with Crippen molar-refractivity contribution in [2.24, 2.45) is 0 Å². The Morgan fingerprint density at radius 3 is 2.57 bits per heavy atom. The number of benzene rings is 2. The Kier molecular flexibility index (Phi) is 9.94. The van der Waals surface area contributed by atoms with Gasteiger partial charge in [0.25, 0.3) is 0 Å². The fourth-order valence-corrected chi connectivity index (χ4v) is 2.54. The summed E-state index contributed by atoms with van der Waals surface area (Å²) < 4.78 is 48.7. The van der Waals surface area contributed by atoms with Crippen LogP contribution in [-0.4, -0.2) is 25.2 Å². The molecule has 0 aliphatic heterocycles. The molecule has 154 valence electrons. The largest absolute Gasteiger partial charge is 1.00 e. The van der Waals surface area contributed by atoms with Crippen LogP contribution >= 0.6 is 11.6 Å². The Balaban J connectivity index is 0.00000450. The molecule has 0 bridgehead atoms. The van der Waals surface area contributed by atoms with Crippen molar-refractivity contribution in [1.29, 1.82) is 5.26 Å². The van der Waals surface area contributed by atoms with E-state index in [9.17, 15) is 28.3 Å². The molecule has 0 saturated heterocycles. The quantitative estimate of drug-likeness (QED) is 0.592. The molecule has 0 amide bonds. The Hall–Kier alpha value is -1.96. The number of carboxylic acid groups (broad SMARTS) is 1. The zero-order valence-electron chi connectivity index (χ0n) is 16.0. The molecule has 6 nitrogen and oxygen atoms in total. The number of halogens is 4. The molecular weight excluding hydrogens is 436 g/mol. The molecule has 0 heterocycles. The number of carbonyl (C=O) groups is 1. The van der Waals surface area contributed by atoms with Gasteiger partial charge in [-0.15, -0.1) is 0 Å². The number of nitrogens with zero attached hydrogens (tertiary/aromatic N) is 1. The summed E-state index contributed by atoms with van der Waals surface area (Å²) >= 11 is 5.89. The van der Waals surface area contributed by atoms with E-state index in [1.54, 1.807) is 6.92 Å². The minimum Gasteiger partial charge on any atom is -0.548 e. The molecule has 2 rings (SSSR count). The van der Waals surface area contributed by atoms with Crippen LogP contribution in [0.25, 0.3) is 0 Å². The molecule has 0 aliphatic carbocycles. The third-order valence-electron chi connectivity index (χ3n) is 3.59. The van der Waals surface area contributed by atoms with Gasteiger partial charge in [-0.25, -0.2) is 0 Å². The molecule has 1 unspecified atom stereocenters. The van der Waals surface area contributed by atoms with Gasteiger partial charge in [0.15, 0.2) is 0 Å². The summed E-state index contributed by atoms with van der Waals surface area (Å²) in [7, 11) is 0. The number of anilines is 1. The second kappa shape index (κ2) is 11.4. The minimum absolute atomic E-state index is 0. The van der Waals surface area contributed by atoms with Crippen LogP contribution in [0.2, 0.25) is 5.02 Å². The van der Waals surface area contributed by atoms with Gasteiger partial charge >= 0.3 is 35.7 Å². The summed E-state index contributed by atoms with van der Waals surface area (Å²) in [4.78, 5) is 10.4. The number of carbonyl (C=O) groups excluding carboxylic acids is 1. The summed E-state index contributed by atoms with van der Waals surface area (Å²) in [6.07, 6.45) is -4.53. The van der Waals surface area contributed by atoms with Crippen molar-refractivity contribution in [2.75, 3.05) is 18.5 Å². The molecule has 1 N–H and O–H groups in total. The average molecular weight is 451 g/mol. The SMILES string of the molecule is CC(COCC(=O)[O-])Nc1cc(Oc2ccc(C(F)(F)F)cc2Cl)ccc1C#N.[Na+]. The van der Waals surface area contributed by atoms with Crippen LogP contribution in [0.15, 0.2) is 36.4 Å². The Bertz CT molecular complexity index is 935. The second-order valence-corrected chi connectivity index (χ2v) is 6.40. The topological polar surface area (TPSA) is 94.4 Å². The van der Waals surface area contributed by atoms with Crippen LogP contribution in [0.4, 0.5) is 18.9 Å². The van der Waals surface area contributed by atoms with Crippen LogP contribution in [0.5, 0.6) is 11.5 Å². The van der Waals surface area contributed by atoms with E-state index in [4.69, 9.17) is 21.1 Å². The van der Waals surface area contributed by atoms with Crippen LogP contribution < -0.4 is 44.7 Å². The Morgan fingerprint density at radius 1 is 1.30 bits per heavy atom. The van der Waals surface area contributed by atoms with E-state index in [1.807, 2.05) is 6.07 Å². The van der Waals surface area contributed by atoms with E-state index >= 15 is 0 Å². The number of nitrogens with one attached hydrogen (secondary N) is 1. The number of nitriles is 1. The average Bonchev–Trinajstić information content (AvgIpc) is 2.62. The molecule has 0 saturated carbocycles. The standard InChI is InChI=1S/C19H16ClF3N2O4.Na/c1-11(9-28-10-18(26)27)25-16-7-14(4-2-12(16)8-24)29-17-5-3-13(6-15(17)20)19(21,22)23;/h2-7,11,25H,9-10H2,1H3,(H,26,27);/q;+1/p-1. The monoisotopic (exact) mass is 450 g/mol. The number of carboxylic acids is 1. The Morgan fingerprint density at radius 2 is 2.00 bits per heavy atom. The first-order valence-electron chi connectivity index (χ1n) is 8.23. The predicted octanol–water partition coefficient (Wildman–Crippen LogP) is 0.594. The third kappa shape index (κ3) is 7.70. The number of aliphatic carboxylic acids is 1. The first kappa shape index (κ1) is 26.1. The van der Waals surface area contributed by atoms with Gasteiger partial charge in [-0.1, -0.05) is 11.6 Å². The molecule has 0 aliphatic rings. The van der Waals surface area contributed by atoms with E-state index in [0.717, 1.165) is 18.2 Å². The molecular formula is C19H15ClF3N2NaO4. The molecule has 11 heteroatoms. The van der Waals surface area contributed by atoms with Gasteiger partial charge in [0.1, 0.15) is 17.6 Å². The van der Waals surface area contributed by atoms with E-state index in [2.05, 4.69) is 5.32 Å². The Labute approximate surface area is 197 Å². The smallest absolute Gasteiger partial charge is 0.548 e. The molecule has 2 aromatic carbocycles. The van der Waals surface area contributed by atoms with Crippen LogP contribution in [-0.2, 0) is 15.7 Å². The fraction of sp³-hybridized carbons (Fsp3) is 0.263. The van der Waals surface area contributed by atoms with Gasteiger partial charge in [-0.3, -0.25) is 0 Å². The van der Waals surface area contributed by atoms with Crippen molar-refractivity contribution in [3.63, 3.8) is 0 Å². The van der Waals surface area contributed by atoms with Crippen LogP contribution in [0.1, 0.15) is 18.1 Å². The van der Waals surface area contributed by atoms with E-state index in [-0.39, 0.29) is 64.3 Å². The normalized spacial score (nSPS) is 11.7. The van der Waals surface area contributed by atoms with Crippen molar-refractivity contribution >= 4 is 23.3 Å².